The van der Waals surface area contributed by atoms with E-state index >= 15 is 0 Å². The molecule has 0 spiro atoms. The van der Waals surface area contributed by atoms with Crippen LogP contribution in [0.15, 0.2) is 24.3 Å². The van der Waals surface area contributed by atoms with Gasteiger partial charge in [0.25, 0.3) is 0 Å². The summed E-state index contributed by atoms with van der Waals surface area (Å²) in [5.41, 5.74) is 3.08. The summed E-state index contributed by atoms with van der Waals surface area (Å²) in [4.78, 5) is 0.593. The molecule has 88 valence electrons. The Labute approximate surface area is 108 Å². The van der Waals surface area contributed by atoms with Gasteiger partial charge in [-0.05, 0) is 35.8 Å². The summed E-state index contributed by atoms with van der Waals surface area (Å²) in [5.74, 6) is 1.66. The van der Waals surface area contributed by atoms with Gasteiger partial charge in [-0.2, -0.15) is 0 Å². The molecule has 0 saturated heterocycles. The van der Waals surface area contributed by atoms with Crippen molar-refractivity contribution in [3.05, 3.63) is 35.4 Å². The van der Waals surface area contributed by atoms with Gasteiger partial charge in [0.2, 0.25) is 0 Å². The lowest BCUT2D eigenvalue weighted by atomic mass is 9.96. The first kappa shape index (κ1) is 12.2. The molecule has 2 rings (SSSR count). The van der Waals surface area contributed by atoms with E-state index in [1.165, 1.54) is 31.2 Å². The van der Waals surface area contributed by atoms with Gasteiger partial charge in [0.1, 0.15) is 0 Å². The van der Waals surface area contributed by atoms with Crippen LogP contribution in [-0.2, 0) is 6.42 Å². The monoisotopic (exact) mass is 280 g/mol. The second kappa shape index (κ2) is 5.35. The van der Waals surface area contributed by atoms with Gasteiger partial charge in [0.05, 0.1) is 0 Å². The SMILES string of the molecule is CC(C)CCCC1Cc2ccccc2C1Br. The Morgan fingerprint density at radius 1 is 1.31 bits per heavy atom. The van der Waals surface area contributed by atoms with Crippen LogP contribution in [0, 0.1) is 11.8 Å². The lowest BCUT2D eigenvalue weighted by Crippen LogP contribution is -2.03. The zero-order valence-electron chi connectivity index (χ0n) is 10.2. The maximum atomic E-state index is 3.87. The summed E-state index contributed by atoms with van der Waals surface area (Å²) >= 11 is 3.87. The average molecular weight is 281 g/mol. The molecule has 0 saturated carbocycles. The molecule has 0 heterocycles. The molecule has 2 atom stereocenters. The quantitative estimate of drug-likeness (QED) is 0.672. The molecule has 0 radical (unpaired) electrons. The van der Waals surface area contributed by atoms with E-state index in [1.807, 2.05) is 0 Å². The Kier molecular flexibility index (Phi) is 4.07. The lowest BCUT2D eigenvalue weighted by molar-refractivity contribution is 0.445. The van der Waals surface area contributed by atoms with Gasteiger partial charge in [-0.25, -0.2) is 0 Å². The number of hydrogen-bond donors (Lipinski definition) is 0. The van der Waals surface area contributed by atoms with Crippen molar-refractivity contribution in [1.82, 2.24) is 0 Å². The number of fused-ring (bicyclic) bond motifs is 1. The fourth-order valence-corrected chi connectivity index (χ4v) is 3.56. The summed E-state index contributed by atoms with van der Waals surface area (Å²) in [6, 6.07) is 8.88. The van der Waals surface area contributed by atoms with Crippen LogP contribution in [0.3, 0.4) is 0 Å². The molecule has 0 amide bonds. The number of hydrogen-bond acceptors (Lipinski definition) is 0. The van der Waals surface area contributed by atoms with E-state index in [2.05, 4.69) is 54.0 Å². The normalized spacial score (nSPS) is 23.8. The van der Waals surface area contributed by atoms with E-state index in [4.69, 9.17) is 0 Å². The Bertz CT molecular complexity index is 343. The number of halogens is 1. The van der Waals surface area contributed by atoms with E-state index in [-0.39, 0.29) is 0 Å². The number of benzene rings is 1. The molecule has 1 heteroatoms. The van der Waals surface area contributed by atoms with Crippen molar-refractivity contribution in [2.45, 2.75) is 44.4 Å². The standard InChI is InChI=1S/C15H21Br/c1-11(2)6-5-8-13-10-12-7-3-4-9-14(12)15(13)16/h3-4,7,9,11,13,15H,5-6,8,10H2,1-2H3. The molecule has 16 heavy (non-hydrogen) atoms. The third-order valence-electron chi connectivity index (χ3n) is 3.60. The minimum absolute atomic E-state index is 0.593. The Hall–Kier alpha value is -0.300. The van der Waals surface area contributed by atoms with Crippen molar-refractivity contribution in [2.75, 3.05) is 0 Å². The summed E-state index contributed by atoms with van der Waals surface area (Å²) < 4.78 is 0. The Morgan fingerprint density at radius 2 is 2.06 bits per heavy atom. The van der Waals surface area contributed by atoms with Crippen LogP contribution in [-0.4, -0.2) is 0 Å². The van der Waals surface area contributed by atoms with Gasteiger partial charge in [-0.15, -0.1) is 0 Å². The molecule has 0 fully saturated rings. The van der Waals surface area contributed by atoms with Gasteiger partial charge in [0.15, 0.2) is 0 Å². The molecular weight excluding hydrogens is 260 g/mol. The van der Waals surface area contributed by atoms with Crippen molar-refractivity contribution in [3.8, 4) is 0 Å². The molecule has 0 aromatic heterocycles. The number of alkyl halides is 1. The molecule has 0 nitrogen and oxygen atoms in total. The second-order valence-electron chi connectivity index (χ2n) is 5.39. The van der Waals surface area contributed by atoms with Gasteiger partial charge < -0.3 is 0 Å². The fraction of sp³-hybridized carbons (Fsp3) is 0.600. The van der Waals surface area contributed by atoms with Crippen molar-refractivity contribution in [1.29, 1.82) is 0 Å². The predicted molar refractivity (Wildman–Crippen MR) is 74.0 cm³/mol. The highest BCUT2D eigenvalue weighted by Crippen LogP contribution is 2.44. The van der Waals surface area contributed by atoms with Crippen LogP contribution in [0.25, 0.3) is 0 Å². The zero-order chi connectivity index (χ0) is 11.5. The first-order chi connectivity index (χ1) is 7.68. The van der Waals surface area contributed by atoms with Crippen LogP contribution in [0.2, 0.25) is 0 Å². The molecule has 0 aliphatic heterocycles. The van der Waals surface area contributed by atoms with Crippen LogP contribution < -0.4 is 0 Å². The van der Waals surface area contributed by atoms with Crippen LogP contribution in [0.1, 0.15) is 49.1 Å². The molecule has 1 aromatic rings. The van der Waals surface area contributed by atoms with E-state index in [0.717, 1.165) is 11.8 Å². The van der Waals surface area contributed by atoms with E-state index in [0.29, 0.717) is 4.83 Å². The molecular formula is C15H21Br. The maximum absolute atomic E-state index is 3.87. The van der Waals surface area contributed by atoms with E-state index in [1.54, 1.807) is 5.56 Å². The smallest absolute Gasteiger partial charge is 0.0429 e. The van der Waals surface area contributed by atoms with Crippen molar-refractivity contribution >= 4 is 15.9 Å². The average Bonchev–Trinajstić information content (AvgIpc) is 2.56. The fourth-order valence-electron chi connectivity index (χ4n) is 2.67. The van der Waals surface area contributed by atoms with Gasteiger partial charge in [-0.3, -0.25) is 0 Å². The van der Waals surface area contributed by atoms with Gasteiger partial charge in [-0.1, -0.05) is 66.9 Å². The summed E-state index contributed by atoms with van der Waals surface area (Å²) in [5, 5.41) is 0. The van der Waals surface area contributed by atoms with E-state index in [9.17, 15) is 0 Å². The van der Waals surface area contributed by atoms with Crippen molar-refractivity contribution in [3.63, 3.8) is 0 Å². The molecule has 1 aromatic carbocycles. The third kappa shape index (κ3) is 2.68. The van der Waals surface area contributed by atoms with E-state index < -0.39 is 0 Å². The topological polar surface area (TPSA) is 0 Å². The summed E-state index contributed by atoms with van der Waals surface area (Å²) in [6.45, 7) is 4.63. The molecule has 2 unspecified atom stereocenters. The summed E-state index contributed by atoms with van der Waals surface area (Å²) in [6.07, 6.45) is 5.37. The molecule has 1 aliphatic carbocycles. The largest absolute Gasteiger partial charge is 0.0836 e. The van der Waals surface area contributed by atoms with Crippen molar-refractivity contribution < 1.29 is 0 Å². The minimum atomic E-state index is 0.593. The highest BCUT2D eigenvalue weighted by Gasteiger charge is 2.29. The Morgan fingerprint density at radius 3 is 2.75 bits per heavy atom. The van der Waals surface area contributed by atoms with Crippen LogP contribution >= 0.6 is 15.9 Å². The zero-order valence-corrected chi connectivity index (χ0v) is 11.8. The molecule has 0 N–H and O–H groups in total. The number of rotatable bonds is 4. The first-order valence-electron chi connectivity index (χ1n) is 6.40. The highest BCUT2D eigenvalue weighted by molar-refractivity contribution is 9.09. The van der Waals surface area contributed by atoms with Gasteiger partial charge >= 0.3 is 0 Å². The third-order valence-corrected chi connectivity index (χ3v) is 4.85. The van der Waals surface area contributed by atoms with Gasteiger partial charge in [0, 0.05) is 4.83 Å². The Balaban J connectivity index is 1.92. The minimum Gasteiger partial charge on any atom is -0.0836 e. The van der Waals surface area contributed by atoms with Crippen LogP contribution in [0.5, 0.6) is 0 Å². The molecule has 1 aliphatic rings. The van der Waals surface area contributed by atoms with Crippen molar-refractivity contribution in [2.24, 2.45) is 11.8 Å². The first-order valence-corrected chi connectivity index (χ1v) is 7.32. The van der Waals surface area contributed by atoms with Crippen LogP contribution in [0.4, 0.5) is 0 Å². The lowest BCUT2D eigenvalue weighted by Gasteiger charge is -2.14. The highest BCUT2D eigenvalue weighted by atomic mass is 79.9. The molecule has 0 bridgehead atoms. The second-order valence-corrected chi connectivity index (χ2v) is 6.38. The summed E-state index contributed by atoms with van der Waals surface area (Å²) in [7, 11) is 0. The predicted octanol–water partition coefficient (Wildman–Crippen LogP) is 5.12. The maximum Gasteiger partial charge on any atom is 0.0429 e.